The minimum atomic E-state index is -0.719. The molecule has 0 aliphatic carbocycles. The van der Waals surface area contributed by atoms with Crippen LogP contribution in [0.4, 0.5) is 0 Å². The number of carbonyl (C=O) groups is 1. The second-order valence-electron chi connectivity index (χ2n) is 11.1. The molecular weight excluding hydrogens is 612 g/mol. The minimum Gasteiger partial charge on any atom is -0.497 e. The number of benzene rings is 3. The summed E-state index contributed by atoms with van der Waals surface area (Å²) in [5.74, 6) is 0.999. The van der Waals surface area contributed by atoms with Gasteiger partial charge in [0.25, 0.3) is 5.56 Å². The van der Waals surface area contributed by atoms with Crippen LogP contribution in [-0.4, -0.2) is 40.6 Å². The van der Waals surface area contributed by atoms with Crippen molar-refractivity contribution in [2.24, 2.45) is 4.99 Å². The van der Waals surface area contributed by atoms with Crippen molar-refractivity contribution in [3.05, 3.63) is 127 Å². The molecule has 1 aliphatic rings. The first kappa shape index (κ1) is 31.7. The molecule has 0 saturated carbocycles. The molecule has 0 fully saturated rings. The summed E-state index contributed by atoms with van der Waals surface area (Å²) in [5, 5.41) is 4.97. The zero-order chi connectivity index (χ0) is 33.1. The number of esters is 1. The molecule has 0 N–H and O–H groups in total. The SMILES string of the molecule is CCCOc1ccc(-c2nn(-c3ccccc3)cc2C=c2sc3n(c2=O)C(c2ccc(OC)cc2)C(C(=O)OCC)=C(C)N=3)cc1C. The summed E-state index contributed by atoms with van der Waals surface area (Å²) < 4.78 is 20.6. The van der Waals surface area contributed by atoms with Gasteiger partial charge in [-0.2, -0.15) is 5.10 Å². The molecule has 0 saturated heterocycles. The average molecular weight is 649 g/mol. The molecule has 0 amide bonds. The van der Waals surface area contributed by atoms with E-state index in [1.54, 1.807) is 25.5 Å². The lowest BCUT2D eigenvalue weighted by Crippen LogP contribution is -2.39. The molecule has 0 spiro atoms. The summed E-state index contributed by atoms with van der Waals surface area (Å²) in [6, 6.07) is 22.5. The lowest BCUT2D eigenvalue weighted by molar-refractivity contribution is -0.139. The minimum absolute atomic E-state index is 0.203. The molecule has 1 atom stereocenters. The normalized spacial score (nSPS) is 14.5. The van der Waals surface area contributed by atoms with E-state index in [-0.39, 0.29) is 12.2 Å². The second-order valence-corrected chi connectivity index (χ2v) is 12.1. The third-order valence-electron chi connectivity index (χ3n) is 7.91. The second kappa shape index (κ2) is 13.6. The molecule has 2 aromatic heterocycles. The lowest BCUT2D eigenvalue weighted by Gasteiger charge is -2.24. The standard InChI is InChI=1S/C37H36N4O5S/c1-6-19-46-30-18-15-26(20-23(30)3)33-27(22-40(39-33)28-11-9-8-10-12-28)21-31-35(42)41-34(25-13-16-29(44-5)17-14-25)32(36(43)45-7-2)24(4)38-37(41)47-31/h8-18,20-22,34H,6-7,19H2,1-5H3. The van der Waals surface area contributed by atoms with Crippen LogP contribution in [0.5, 0.6) is 11.5 Å². The van der Waals surface area contributed by atoms with Crippen LogP contribution < -0.4 is 24.4 Å². The molecule has 0 radical (unpaired) electrons. The number of fused-ring (bicyclic) bond motifs is 1. The smallest absolute Gasteiger partial charge is 0.338 e. The Morgan fingerprint density at radius 1 is 1.02 bits per heavy atom. The first-order valence-electron chi connectivity index (χ1n) is 15.6. The summed E-state index contributed by atoms with van der Waals surface area (Å²) >= 11 is 1.28. The number of rotatable bonds is 10. The molecule has 5 aromatic rings. The molecule has 47 heavy (non-hydrogen) atoms. The zero-order valence-corrected chi connectivity index (χ0v) is 27.8. The molecule has 0 bridgehead atoms. The van der Waals surface area contributed by atoms with E-state index in [1.165, 1.54) is 11.3 Å². The van der Waals surface area contributed by atoms with Gasteiger partial charge in [0.2, 0.25) is 0 Å². The molecule has 3 heterocycles. The number of aromatic nitrogens is 3. The fraction of sp³-hybridized carbons (Fsp3) is 0.243. The van der Waals surface area contributed by atoms with Gasteiger partial charge in [-0.15, -0.1) is 0 Å². The summed E-state index contributed by atoms with van der Waals surface area (Å²) in [6.45, 7) is 8.47. The Hall–Kier alpha value is -5.22. The number of hydrogen-bond acceptors (Lipinski definition) is 8. The van der Waals surface area contributed by atoms with E-state index in [4.69, 9.17) is 24.3 Å². The largest absolute Gasteiger partial charge is 0.497 e. The van der Waals surface area contributed by atoms with Gasteiger partial charge in [-0.05, 0) is 86.9 Å². The fourth-order valence-electron chi connectivity index (χ4n) is 5.64. The number of allylic oxidation sites excluding steroid dienone is 1. The summed E-state index contributed by atoms with van der Waals surface area (Å²) in [4.78, 5) is 32.8. The van der Waals surface area contributed by atoms with Crippen LogP contribution in [0.15, 0.2) is 100 Å². The highest BCUT2D eigenvalue weighted by Crippen LogP contribution is 2.32. The Labute approximate surface area is 276 Å². The number of para-hydroxylation sites is 1. The topological polar surface area (TPSA) is 96.9 Å². The number of ether oxygens (including phenoxy) is 3. The quantitative estimate of drug-likeness (QED) is 0.179. The number of carbonyl (C=O) groups excluding carboxylic acids is 1. The molecule has 9 nitrogen and oxygen atoms in total. The van der Waals surface area contributed by atoms with Crippen LogP contribution in [0, 0.1) is 6.92 Å². The number of hydrogen-bond donors (Lipinski definition) is 0. The Morgan fingerprint density at radius 3 is 2.47 bits per heavy atom. The Balaban J connectivity index is 1.53. The molecule has 240 valence electrons. The van der Waals surface area contributed by atoms with E-state index >= 15 is 0 Å². The van der Waals surface area contributed by atoms with E-state index in [0.29, 0.717) is 33.0 Å². The zero-order valence-electron chi connectivity index (χ0n) is 27.0. The van der Waals surface area contributed by atoms with Crippen LogP contribution in [0.3, 0.4) is 0 Å². The summed E-state index contributed by atoms with van der Waals surface area (Å²) in [5.41, 5.74) is 5.60. The molecule has 3 aromatic carbocycles. The van der Waals surface area contributed by atoms with Crippen LogP contribution in [-0.2, 0) is 9.53 Å². The molecule has 6 rings (SSSR count). The van der Waals surface area contributed by atoms with Gasteiger partial charge >= 0.3 is 5.97 Å². The van der Waals surface area contributed by atoms with Crippen molar-refractivity contribution >= 4 is 23.4 Å². The van der Waals surface area contributed by atoms with Crippen molar-refractivity contribution in [3.8, 4) is 28.4 Å². The van der Waals surface area contributed by atoms with Crippen molar-refractivity contribution in [3.63, 3.8) is 0 Å². The van der Waals surface area contributed by atoms with Crippen molar-refractivity contribution in [1.29, 1.82) is 0 Å². The Kier molecular flexibility index (Phi) is 9.22. The molecule has 1 unspecified atom stereocenters. The number of nitrogens with zero attached hydrogens (tertiary/aromatic N) is 4. The maximum Gasteiger partial charge on any atom is 0.338 e. The molecule has 10 heteroatoms. The van der Waals surface area contributed by atoms with Gasteiger partial charge in [-0.25, -0.2) is 14.5 Å². The Morgan fingerprint density at radius 2 is 1.79 bits per heavy atom. The van der Waals surface area contributed by atoms with Crippen LogP contribution >= 0.6 is 11.3 Å². The number of methoxy groups -OCH3 is 1. The summed E-state index contributed by atoms with van der Waals surface area (Å²) in [6.07, 6.45) is 4.71. The van der Waals surface area contributed by atoms with E-state index in [2.05, 4.69) is 13.0 Å². The van der Waals surface area contributed by atoms with E-state index < -0.39 is 12.0 Å². The number of aryl methyl sites for hydroxylation is 1. The first-order valence-corrected chi connectivity index (χ1v) is 16.4. The Bertz CT molecular complexity index is 2140. The van der Waals surface area contributed by atoms with Gasteiger partial charge in [0.05, 0.1) is 47.9 Å². The highest BCUT2D eigenvalue weighted by molar-refractivity contribution is 7.07. The third-order valence-corrected chi connectivity index (χ3v) is 8.89. The van der Waals surface area contributed by atoms with E-state index in [1.807, 2.05) is 90.6 Å². The highest BCUT2D eigenvalue weighted by atomic mass is 32.1. The maximum atomic E-state index is 14.3. The van der Waals surface area contributed by atoms with Gasteiger partial charge in [-0.3, -0.25) is 9.36 Å². The summed E-state index contributed by atoms with van der Waals surface area (Å²) in [7, 11) is 1.59. The van der Waals surface area contributed by atoms with Crippen LogP contribution in [0.2, 0.25) is 0 Å². The number of thiazole rings is 1. The van der Waals surface area contributed by atoms with Crippen LogP contribution in [0.25, 0.3) is 23.0 Å². The van der Waals surface area contributed by atoms with Gasteiger partial charge < -0.3 is 14.2 Å². The average Bonchev–Trinajstić information content (AvgIpc) is 3.64. The van der Waals surface area contributed by atoms with Gasteiger partial charge in [0.1, 0.15) is 17.2 Å². The van der Waals surface area contributed by atoms with Crippen LogP contribution in [0.1, 0.15) is 49.9 Å². The van der Waals surface area contributed by atoms with E-state index in [9.17, 15) is 9.59 Å². The van der Waals surface area contributed by atoms with Gasteiger partial charge in [-0.1, -0.05) is 48.6 Å². The predicted octanol–water partition coefficient (Wildman–Crippen LogP) is 5.76. The van der Waals surface area contributed by atoms with E-state index in [0.717, 1.165) is 45.8 Å². The van der Waals surface area contributed by atoms with Crippen molar-refractivity contribution < 1.29 is 19.0 Å². The fourth-order valence-corrected chi connectivity index (χ4v) is 6.67. The maximum absolute atomic E-state index is 14.3. The third kappa shape index (κ3) is 6.29. The van der Waals surface area contributed by atoms with Gasteiger partial charge in [0, 0.05) is 17.3 Å². The molecular formula is C37H36N4O5S. The predicted molar refractivity (Wildman–Crippen MR) is 183 cm³/mol. The lowest BCUT2D eigenvalue weighted by atomic mass is 9.96. The highest BCUT2D eigenvalue weighted by Gasteiger charge is 2.33. The van der Waals surface area contributed by atoms with Gasteiger partial charge in [0.15, 0.2) is 4.80 Å². The molecule has 1 aliphatic heterocycles. The monoisotopic (exact) mass is 648 g/mol. The van der Waals surface area contributed by atoms with Crippen molar-refractivity contribution in [2.75, 3.05) is 20.3 Å². The van der Waals surface area contributed by atoms with Crippen molar-refractivity contribution in [2.45, 2.75) is 40.2 Å². The van der Waals surface area contributed by atoms with Crippen molar-refractivity contribution in [1.82, 2.24) is 14.3 Å². The first-order chi connectivity index (χ1) is 22.8.